The van der Waals surface area contributed by atoms with Crippen LogP contribution in [0.2, 0.25) is 0 Å². The third-order valence-electron chi connectivity index (χ3n) is 1.49. The average Bonchev–Trinajstić information content (AvgIpc) is 2.61. The van der Waals surface area contributed by atoms with Gasteiger partial charge in [0.15, 0.2) is 12.1 Å². The lowest BCUT2D eigenvalue weighted by Gasteiger charge is -2.00. The van der Waals surface area contributed by atoms with E-state index in [0.29, 0.717) is 5.88 Å². The summed E-state index contributed by atoms with van der Waals surface area (Å²) >= 11 is 1.29. The van der Waals surface area contributed by atoms with E-state index in [-0.39, 0.29) is 6.61 Å². The number of primary amides is 1. The first-order valence-electron chi connectivity index (χ1n) is 3.80. The number of thiazole rings is 1. The minimum atomic E-state index is -0.525. The van der Waals surface area contributed by atoms with Gasteiger partial charge in [0.1, 0.15) is 10.3 Å². The van der Waals surface area contributed by atoms with Gasteiger partial charge in [-0.15, -0.1) is 0 Å². The van der Waals surface area contributed by atoms with Gasteiger partial charge in [-0.05, 0) is 6.07 Å². The molecule has 2 heterocycles. The highest BCUT2D eigenvalue weighted by Gasteiger charge is 2.02. The second-order valence-corrected chi connectivity index (χ2v) is 3.31. The lowest BCUT2D eigenvalue weighted by Crippen LogP contribution is -2.20. The summed E-state index contributed by atoms with van der Waals surface area (Å²) in [7, 11) is 0. The quantitative estimate of drug-likeness (QED) is 0.789. The summed E-state index contributed by atoms with van der Waals surface area (Å²) in [5, 5.41) is 0. The van der Waals surface area contributed by atoms with Crippen LogP contribution in [0.4, 0.5) is 0 Å². The fourth-order valence-electron chi connectivity index (χ4n) is 0.917. The van der Waals surface area contributed by atoms with Crippen molar-refractivity contribution in [3.63, 3.8) is 0 Å². The second-order valence-electron chi connectivity index (χ2n) is 2.53. The minimum absolute atomic E-state index is 0.166. The van der Waals surface area contributed by atoms with Gasteiger partial charge in [-0.2, -0.15) is 0 Å². The van der Waals surface area contributed by atoms with E-state index < -0.39 is 5.91 Å². The molecule has 0 spiro atoms. The maximum Gasteiger partial charge on any atom is 0.255 e. The molecule has 0 aliphatic heterocycles. The largest absolute Gasteiger partial charge is 0.468 e. The van der Waals surface area contributed by atoms with Crippen molar-refractivity contribution in [1.29, 1.82) is 0 Å². The zero-order valence-electron chi connectivity index (χ0n) is 7.06. The molecule has 1 amide bonds. The molecule has 0 atom stereocenters. The molecule has 14 heavy (non-hydrogen) atoms. The Morgan fingerprint density at radius 1 is 1.64 bits per heavy atom. The van der Waals surface area contributed by atoms with Crippen molar-refractivity contribution in [2.24, 2.45) is 5.73 Å². The lowest BCUT2D eigenvalue weighted by atomic mass is 10.4. The van der Waals surface area contributed by atoms with Crippen molar-refractivity contribution in [2.45, 2.75) is 0 Å². The Labute approximate surface area is 83.5 Å². The predicted octanol–water partition coefficient (Wildman–Crippen LogP) is 0.356. The molecule has 6 heteroatoms. The van der Waals surface area contributed by atoms with E-state index in [4.69, 9.17) is 10.5 Å². The van der Waals surface area contributed by atoms with Gasteiger partial charge in [0, 0.05) is 6.07 Å². The molecule has 71 valence electrons. The standard InChI is InChI=1S/C8H6N3O2S/c9-6(12)3-13-7-2-1-5-8(11-7)14-4-10-5/h1-2H,3H2,(H2,9,12). The van der Waals surface area contributed by atoms with Crippen LogP contribution in [0.1, 0.15) is 0 Å². The molecule has 1 radical (unpaired) electrons. The monoisotopic (exact) mass is 208 g/mol. The van der Waals surface area contributed by atoms with Crippen molar-refractivity contribution < 1.29 is 9.53 Å². The van der Waals surface area contributed by atoms with Gasteiger partial charge in [0.05, 0.1) is 0 Å². The molecule has 0 bridgehead atoms. The third kappa shape index (κ3) is 1.80. The molecule has 5 nitrogen and oxygen atoms in total. The molecule has 0 unspecified atom stereocenters. The van der Waals surface area contributed by atoms with Gasteiger partial charge < -0.3 is 10.5 Å². The van der Waals surface area contributed by atoms with Gasteiger partial charge in [0.25, 0.3) is 5.91 Å². The number of nitrogens with zero attached hydrogens (tertiary/aromatic N) is 2. The highest BCUT2D eigenvalue weighted by atomic mass is 32.1. The van der Waals surface area contributed by atoms with E-state index in [1.54, 1.807) is 12.1 Å². The van der Waals surface area contributed by atoms with Gasteiger partial charge in [-0.1, -0.05) is 11.3 Å². The number of rotatable bonds is 3. The molecule has 0 aliphatic rings. The van der Waals surface area contributed by atoms with E-state index in [1.165, 1.54) is 11.3 Å². The van der Waals surface area contributed by atoms with Crippen LogP contribution >= 0.6 is 11.3 Å². The van der Waals surface area contributed by atoms with Crippen LogP contribution in [-0.2, 0) is 4.79 Å². The highest BCUT2D eigenvalue weighted by molar-refractivity contribution is 7.15. The lowest BCUT2D eigenvalue weighted by molar-refractivity contribution is -0.120. The Morgan fingerprint density at radius 2 is 2.50 bits per heavy atom. The number of hydrogen-bond acceptors (Lipinski definition) is 5. The number of aromatic nitrogens is 2. The Hall–Kier alpha value is -1.69. The first-order chi connectivity index (χ1) is 6.75. The average molecular weight is 208 g/mol. The van der Waals surface area contributed by atoms with E-state index in [0.717, 1.165) is 10.3 Å². The van der Waals surface area contributed by atoms with Crippen molar-refractivity contribution in [1.82, 2.24) is 9.97 Å². The first-order valence-corrected chi connectivity index (χ1v) is 4.62. The molecule has 0 aromatic carbocycles. The van der Waals surface area contributed by atoms with Crippen LogP contribution in [0.5, 0.6) is 5.88 Å². The Balaban J connectivity index is 2.21. The number of carbonyl (C=O) groups excluding carboxylic acids is 1. The Bertz CT molecular complexity index is 468. The SMILES string of the molecule is NC(=O)COc1ccc2n[c]sc2n1. The summed E-state index contributed by atoms with van der Waals surface area (Å²) in [6.45, 7) is -0.166. The van der Waals surface area contributed by atoms with E-state index in [1.807, 2.05) is 0 Å². The first kappa shape index (κ1) is 8.89. The second kappa shape index (κ2) is 3.59. The maximum atomic E-state index is 10.4. The summed E-state index contributed by atoms with van der Waals surface area (Å²) in [6.07, 6.45) is 0. The third-order valence-corrected chi connectivity index (χ3v) is 2.16. The van der Waals surface area contributed by atoms with Crippen LogP contribution in [0.25, 0.3) is 10.3 Å². The molecule has 2 N–H and O–H groups in total. The smallest absolute Gasteiger partial charge is 0.255 e. The summed E-state index contributed by atoms with van der Waals surface area (Å²) < 4.78 is 5.02. The van der Waals surface area contributed by atoms with E-state index >= 15 is 0 Å². The number of ether oxygens (including phenoxy) is 1. The summed E-state index contributed by atoms with van der Waals surface area (Å²) in [4.78, 5) is 19.2. The Morgan fingerprint density at radius 3 is 3.29 bits per heavy atom. The van der Waals surface area contributed by atoms with E-state index in [9.17, 15) is 4.79 Å². The van der Waals surface area contributed by atoms with Gasteiger partial charge >= 0.3 is 0 Å². The molecular formula is C8H6N3O2S. The van der Waals surface area contributed by atoms with Crippen molar-refractivity contribution in [2.75, 3.05) is 6.61 Å². The fraction of sp³-hybridized carbons (Fsp3) is 0.125. The van der Waals surface area contributed by atoms with Gasteiger partial charge in [-0.25, -0.2) is 9.97 Å². The zero-order chi connectivity index (χ0) is 9.97. The summed E-state index contributed by atoms with van der Waals surface area (Å²) in [5.74, 6) is -0.156. The summed E-state index contributed by atoms with van der Waals surface area (Å²) in [6, 6.07) is 3.39. The Kier molecular flexibility index (Phi) is 2.28. The minimum Gasteiger partial charge on any atom is -0.468 e. The topological polar surface area (TPSA) is 78.1 Å². The van der Waals surface area contributed by atoms with Crippen LogP contribution in [0, 0.1) is 5.51 Å². The molecule has 0 aliphatic carbocycles. The number of pyridine rings is 1. The normalized spacial score (nSPS) is 10.3. The van der Waals surface area contributed by atoms with Crippen molar-refractivity contribution in [3.05, 3.63) is 17.6 Å². The number of nitrogens with two attached hydrogens (primary N) is 1. The molecule has 0 saturated heterocycles. The molecule has 2 rings (SSSR count). The number of amides is 1. The fourth-order valence-corrected chi connectivity index (χ4v) is 1.50. The van der Waals surface area contributed by atoms with Crippen LogP contribution in [-0.4, -0.2) is 22.5 Å². The number of carbonyl (C=O) groups is 1. The van der Waals surface area contributed by atoms with Crippen LogP contribution in [0.3, 0.4) is 0 Å². The molecule has 0 saturated carbocycles. The molecule has 2 aromatic rings. The van der Waals surface area contributed by atoms with E-state index in [2.05, 4.69) is 15.5 Å². The maximum absolute atomic E-state index is 10.4. The number of fused-ring (bicyclic) bond motifs is 1. The zero-order valence-corrected chi connectivity index (χ0v) is 7.87. The molecule has 0 fully saturated rings. The highest BCUT2D eigenvalue weighted by Crippen LogP contribution is 2.18. The van der Waals surface area contributed by atoms with Crippen LogP contribution in [0.15, 0.2) is 12.1 Å². The predicted molar refractivity (Wildman–Crippen MR) is 50.9 cm³/mol. The van der Waals surface area contributed by atoms with Crippen molar-refractivity contribution >= 4 is 27.6 Å². The van der Waals surface area contributed by atoms with Gasteiger partial charge in [0.2, 0.25) is 5.88 Å². The van der Waals surface area contributed by atoms with Crippen molar-refractivity contribution in [3.8, 4) is 5.88 Å². The number of hydrogen-bond donors (Lipinski definition) is 1. The molecular weight excluding hydrogens is 202 g/mol. The molecule has 2 aromatic heterocycles. The summed E-state index contributed by atoms with van der Waals surface area (Å²) in [5.41, 5.74) is 8.40. The van der Waals surface area contributed by atoms with Gasteiger partial charge in [-0.3, -0.25) is 4.79 Å². The van der Waals surface area contributed by atoms with Crippen LogP contribution < -0.4 is 10.5 Å².